The van der Waals surface area contributed by atoms with Crippen molar-refractivity contribution in [1.29, 1.82) is 0 Å². The predicted octanol–water partition coefficient (Wildman–Crippen LogP) is 2.75. The number of ether oxygens (including phenoxy) is 1. The molecular weight excluding hydrogens is 216 g/mol. The Bertz CT molecular complexity index is 474. The molecule has 0 aliphatic carbocycles. The second-order valence-electron chi connectivity index (χ2n) is 4.15. The van der Waals surface area contributed by atoms with Crippen molar-refractivity contribution in [2.45, 2.75) is 26.5 Å². The molecule has 0 aliphatic heterocycles. The lowest BCUT2D eigenvalue weighted by Gasteiger charge is -2.04. The predicted molar refractivity (Wildman–Crippen MR) is 65.1 cm³/mol. The maximum Gasteiger partial charge on any atom is 0.165 e. The lowest BCUT2D eigenvalue weighted by atomic mass is 10.2. The van der Waals surface area contributed by atoms with Crippen LogP contribution in [0.2, 0.25) is 0 Å². The van der Waals surface area contributed by atoms with E-state index in [0.29, 0.717) is 6.04 Å². The lowest BCUT2D eigenvalue weighted by molar-refractivity contribution is 0.281. The Labute approximate surface area is 100 Å². The molecule has 0 radical (unpaired) electrons. The zero-order valence-electron chi connectivity index (χ0n) is 10.00. The van der Waals surface area contributed by atoms with Crippen molar-refractivity contribution in [2.24, 2.45) is 0 Å². The number of rotatable bonds is 4. The second-order valence-corrected chi connectivity index (χ2v) is 4.15. The second kappa shape index (κ2) is 5.01. The number of hydrogen-bond acceptors (Lipinski definition) is 3. The highest BCUT2D eigenvalue weighted by Crippen LogP contribution is 2.22. The van der Waals surface area contributed by atoms with Gasteiger partial charge in [0.2, 0.25) is 0 Å². The van der Waals surface area contributed by atoms with Crippen molar-refractivity contribution in [3.8, 4) is 11.5 Å². The van der Waals surface area contributed by atoms with Crippen molar-refractivity contribution in [3.05, 3.63) is 42.2 Å². The van der Waals surface area contributed by atoms with Crippen molar-refractivity contribution in [2.75, 3.05) is 0 Å². The van der Waals surface area contributed by atoms with Crippen LogP contribution < -0.4 is 4.74 Å². The topological polar surface area (TPSA) is 47.3 Å². The molecule has 4 heteroatoms. The van der Waals surface area contributed by atoms with Crippen LogP contribution in [-0.2, 0) is 6.61 Å². The van der Waals surface area contributed by atoms with Gasteiger partial charge in [0.15, 0.2) is 5.75 Å². The first-order valence-corrected chi connectivity index (χ1v) is 5.61. The van der Waals surface area contributed by atoms with E-state index < -0.39 is 0 Å². The Morgan fingerprint density at radius 1 is 1.24 bits per heavy atom. The van der Waals surface area contributed by atoms with Gasteiger partial charge >= 0.3 is 0 Å². The summed E-state index contributed by atoms with van der Waals surface area (Å²) in [5, 5.41) is 13.1. The van der Waals surface area contributed by atoms with Crippen LogP contribution in [0.4, 0.5) is 0 Å². The number of aromatic nitrogens is 2. The maximum atomic E-state index is 8.93. The molecule has 0 spiro atoms. The van der Waals surface area contributed by atoms with Crippen LogP contribution in [0.15, 0.2) is 36.7 Å². The third kappa shape index (κ3) is 2.85. The molecule has 0 amide bonds. The number of aliphatic hydroxyl groups is 1. The third-order valence-corrected chi connectivity index (χ3v) is 2.45. The highest BCUT2D eigenvalue weighted by Gasteiger charge is 2.03. The summed E-state index contributed by atoms with van der Waals surface area (Å²) in [6.07, 6.45) is 3.56. The van der Waals surface area contributed by atoms with Crippen LogP contribution in [0, 0.1) is 0 Å². The highest BCUT2D eigenvalue weighted by atomic mass is 16.5. The molecule has 17 heavy (non-hydrogen) atoms. The third-order valence-electron chi connectivity index (χ3n) is 2.45. The van der Waals surface area contributed by atoms with Gasteiger partial charge in [0.25, 0.3) is 0 Å². The van der Waals surface area contributed by atoms with Crippen LogP contribution in [0.1, 0.15) is 25.5 Å². The molecule has 2 rings (SSSR count). The molecule has 0 fully saturated rings. The molecule has 0 unspecified atom stereocenters. The van der Waals surface area contributed by atoms with Gasteiger partial charge in [0, 0.05) is 6.04 Å². The standard InChI is InChI=1S/C13H16N2O2/c1-10(2)15-8-13(7-14-15)17-12-5-3-11(9-16)4-6-12/h3-8,10,16H,9H2,1-2H3. The molecular formula is C13H16N2O2. The average Bonchev–Trinajstić information content (AvgIpc) is 2.79. The summed E-state index contributed by atoms with van der Waals surface area (Å²) in [4.78, 5) is 0. The van der Waals surface area contributed by atoms with Crippen LogP contribution >= 0.6 is 0 Å². The van der Waals surface area contributed by atoms with E-state index in [1.54, 1.807) is 6.20 Å². The Balaban J connectivity index is 2.08. The van der Waals surface area contributed by atoms with Gasteiger partial charge in [-0.25, -0.2) is 0 Å². The first kappa shape index (κ1) is 11.7. The zero-order valence-corrected chi connectivity index (χ0v) is 10.00. The summed E-state index contributed by atoms with van der Waals surface area (Å²) < 4.78 is 7.49. The van der Waals surface area contributed by atoms with Gasteiger partial charge < -0.3 is 9.84 Å². The Kier molecular flexibility index (Phi) is 3.44. The maximum absolute atomic E-state index is 8.93. The summed E-state index contributed by atoms with van der Waals surface area (Å²) in [5.41, 5.74) is 0.871. The molecule has 0 saturated carbocycles. The molecule has 1 heterocycles. The minimum Gasteiger partial charge on any atom is -0.454 e. The first-order valence-electron chi connectivity index (χ1n) is 5.61. The minimum absolute atomic E-state index is 0.0472. The Morgan fingerprint density at radius 2 is 1.94 bits per heavy atom. The van der Waals surface area contributed by atoms with E-state index in [0.717, 1.165) is 17.1 Å². The number of aliphatic hydroxyl groups excluding tert-OH is 1. The fraction of sp³-hybridized carbons (Fsp3) is 0.308. The number of benzene rings is 1. The minimum atomic E-state index is 0.0472. The van der Waals surface area contributed by atoms with E-state index in [9.17, 15) is 0 Å². The van der Waals surface area contributed by atoms with Crippen molar-refractivity contribution < 1.29 is 9.84 Å². The van der Waals surface area contributed by atoms with Gasteiger partial charge in [-0.1, -0.05) is 12.1 Å². The Morgan fingerprint density at radius 3 is 2.47 bits per heavy atom. The molecule has 0 bridgehead atoms. The molecule has 1 aromatic heterocycles. The number of nitrogens with zero attached hydrogens (tertiary/aromatic N) is 2. The molecule has 90 valence electrons. The van der Waals surface area contributed by atoms with Crippen LogP contribution in [0.3, 0.4) is 0 Å². The lowest BCUT2D eigenvalue weighted by Crippen LogP contribution is -1.99. The smallest absolute Gasteiger partial charge is 0.165 e. The molecule has 1 N–H and O–H groups in total. The van der Waals surface area contributed by atoms with Crippen LogP contribution in [0.25, 0.3) is 0 Å². The number of hydrogen-bond donors (Lipinski definition) is 1. The summed E-state index contributed by atoms with van der Waals surface area (Å²) in [6, 6.07) is 7.66. The Hall–Kier alpha value is -1.81. The van der Waals surface area contributed by atoms with E-state index in [1.807, 2.05) is 35.1 Å². The summed E-state index contributed by atoms with van der Waals surface area (Å²) in [5.74, 6) is 1.46. The fourth-order valence-electron chi connectivity index (χ4n) is 1.45. The SMILES string of the molecule is CC(C)n1cc(Oc2ccc(CO)cc2)cn1. The van der Waals surface area contributed by atoms with Crippen molar-refractivity contribution in [3.63, 3.8) is 0 Å². The quantitative estimate of drug-likeness (QED) is 0.881. The molecule has 0 aliphatic rings. The highest BCUT2D eigenvalue weighted by molar-refractivity contribution is 5.30. The van der Waals surface area contributed by atoms with Crippen LogP contribution in [-0.4, -0.2) is 14.9 Å². The molecule has 2 aromatic rings. The fourth-order valence-corrected chi connectivity index (χ4v) is 1.45. The molecule has 0 atom stereocenters. The molecule has 0 saturated heterocycles. The van der Waals surface area contributed by atoms with Gasteiger partial charge in [-0.05, 0) is 31.5 Å². The summed E-state index contributed by atoms with van der Waals surface area (Å²) >= 11 is 0. The van der Waals surface area contributed by atoms with E-state index in [1.165, 1.54) is 0 Å². The molecule has 1 aromatic carbocycles. The summed E-state index contributed by atoms with van der Waals surface area (Å²) in [7, 11) is 0. The van der Waals surface area contributed by atoms with Gasteiger partial charge in [-0.3, -0.25) is 4.68 Å². The largest absolute Gasteiger partial charge is 0.454 e. The van der Waals surface area contributed by atoms with Gasteiger partial charge in [-0.2, -0.15) is 5.10 Å². The van der Waals surface area contributed by atoms with E-state index in [4.69, 9.17) is 9.84 Å². The van der Waals surface area contributed by atoms with Crippen molar-refractivity contribution in [1.82, 2.24) is 9.78 Å². The van der Waals surface area contributed by atoms with Crippen molar-refractivity contribution >= 4 is 0 Å². The van der Waals surface area contributed by atoms with Crippen LogP contribution in [0.5, 0.6) is 11.5 Å². The zero-order chi connectivity index (χ0) is 12.3. The first-order chi connectivity index (χ1) is 8.19. The van der Waals surface area contributed by atoms with E-state index >= 15 is 0 Å². The van der Waals surface area contributed by atoms with Gasteiger partial charge in [-0.15, -0.1) is 0 Å². The molecule has 4 nitrogen and oxygen atoms in total. The normalized spacial score (nSPS) is 10.8. The van der Waals surface area contributed by atoms with Gasteiger partial charge in [0.1, 0.15) is 5.75 Å². The van der Waals surface area contributed by atoms with E-state index in [2.05, 4.69) is 18.9 Å². The monoisotopic (exact) mass is 232 g/mol. The summed E-state index contributed by atoms with van der Waals surface area (Å²) in [6.45, 7) is 4.17. The van der Waals surface area contributed by atoms with Gasteiger partial charge in [0.05, 0.1) is 19.0 Å². The van der Waals surface area contributed by atoms with E-state index in [-0.39, 0.29) is 6.61 Å². The average molecular weight is 232 g/mol.